The summed E-state index contributed by atoms with van der Waals surface area (Å²) in [5.74, 6) is -1.24. The van der Waals surface area contributed by atoms with Crippen molar-refractivity contribution >= 4 is 17.4 Å². The van der Waals surface area contributed by atoms with Crippen LogP contribution in [0, 0.1) is 5.41 Å². The summed E-state index contributed by atoms with van der Waals surface area (Å²) >= 11 is 0. The highest BCUT2D eigenvalue weighted by atomic mass is 19.4. The molecule has 8 nitrogen and oxygen atoms in total. The van der Waals surface area contributed by atoms with Gasteiger partial charge in [-0.15, -0.1) is 0 Å². The lowest BCUT2D eigenvalue weighted by Crippen LogP contribution is -2.31. The maximum Gasteiger partial charge on any atom is 0.435 e. The van der Waals surface area contributed by atoms with Gasteiger partial charge in [-0.3, -0.25) is 9.59 Å². The molecule has 11 heteroatoms. The first kappa shape index (κ1) is 26.2. The number of nitrogens with zero attached hydrogens (tertiary/aromatic N) is 2. The second-order valence-corrected chi connectivity index (χ2v) is 10.3. The van der Waals surface area contributed by atoms with E-state index in [2.05, 4.69) is 10.4 Å². The topological polar surface area (TPSA) is 119 Å². The summed E-state index contributed by atoms with van der Waals surface area (Å²) in [7, 11) is 0. The summed E-state index contributed by atoms with van der Waals surface area (Å²) in [6.45, 7) is 3.91. The first-order valence-corrected chi connectivity index (χ1v) is 12.0. The second kappa shape index (κ2) is 9.85. The van der Waals surface area contributed by atoms with Crippen molar-refractivity contribution in [2.75, 3.05) is 18.5 Å². The third kappa shape index (κ3) is 5.41. The predicted octanol–water partition coefficient (Wildman–Crippen LogP) is 3.88. The molecule has 0 atom stereocenters. The van der Waals surface area contributed by atoms with Gasteiger partial charge in [-0.1, -0.05) is 13.8 Å². The largest absolute Gasteiger partial charge is 0.435 e. The maximum atomic E-state index is 13.8. The normalized spacial score (nSPS) is 21.8. The molecule has 4 rings (SSSR count). The van der Waals surface area contributed by atoms with E-state index >= 15 is 0 Å². The molecule has 1 aromatic carbocycles. The smallest absolute Gasteiger partial charge is 0.394 e. The Morgan fingerprint density at radius 2 is 1.94 bits per heavy atom. The summed E-state index contributed by atoms with van der Waals surface area (Å²) in [6, 6.07) is 4.52. The molecule has 36 heavy (non-hydrogen) atoms. The summed E-state index contributed by atoms with van der Waals surface area (Å²) in [5.41, 5.74) is 4.62. The molecule has 1 fully saturated rings. The van der Waals surface area contributed by atoms with Gasteiger partial charge in [-0.05, 0) is 55.7 Å². The van der Waals surface area contributed by atoms with Crippen LogP contribution in [0.15, 0.2) is 18.2 Å². The minimum atomic E-state index is -4.78. The number of carbonyl (C=O) groups is 2. The van der Waals surface area contributed by atoms with E-state index in [-0.39, 0.29) is 55.0 Å². The number of aliphatic hydroxyl groups is 1. The molecule has 196 valence electrons. The van der Waals surface area contributed by atoms with Gasteiger partial charge in [0.1, 0.15) is 0 Å². The highest BCUT2D eigenvalue weighted by Gasteiger charge is 2.45. The number of benzene rings is 1. The number of rotatable bonds is 7. The fourth-order valence-electron chi connectivity index (χ4n) is 5.17. The third-order valence-electron chi connectivity index (χ3n) is 6.81. The zero-order valence-corrected chi connectivity index (χ0v) is 20.3. The van der Waals surface area contributed by atoms with E-state index in [1.54, 1.807) is 6.07 Å². The number of anilines is 1. The Morgan fingerprint density at radius 3 is 2.56 bits per heavy atom. The standard InChI is InChI=1S/C25H31F3N4O4/c1-24(2)12-19-21(20(34)13-24)22(25(26,27)28)31-32(19)15-5-8-17(23(29)35)18(11-15)30-14-3-6-16(7-4-14)36-10-9-33/h5,8,11,14,16,30,33H,3-4,6-7,9-10,12-13H2,1-2H3,(H2,29,35). The number of hydrogen-bond donors (Lipinski definition) is 3. The molecule has 0 spiro atoms. The molecule has 0 aliphatic heterocycles. The van der Waals surface area contributed by atoms with Gasteiger partial charge in [0.05, 0.1) is 41.8 Å². The number of aromatic nitrogens is 2. The average Bonchev–Trinajstić information content (AvgIpc) is 3.17. The van der Waals surface area contributed by atoms with E-state index in [4.69, 9.17) is 15.6 Å². The fourth-order valence-corrected chi connectivity index (χ4v) is 5.17. The highest BCUT2D eigenvalue weighted by molar-refractivity contribution is 6.00. The molecule has 2 aliphatic rings. The van der Waals surface area contributed by atoms with Crippen molar-refractivity contribution in [3.63, 3.8) is 0 Å². The Labute approximate surface area is 207 Å². The van der Waals surface area contributed by atoms with Crippen LogP contribution < -0.4 is 11.1 Å². The Bertz CT molecular complexity index is 1150. The van der Waals surface area contributed by atoms with Crippen LogP contribution in [0.4, 0.5) is 18.9 Å². The van der Waals surface area contributed by atoms with Crippen molar-refractivity contribution in [1.82, 2.24) is 9.78 Å². The van der Waals surface area contributed by atoms with Crippen molar-refractivity contribution < 1.29 is 32.6 Å². The Hall–Kier alpha value is -2.92. The number of ether oxygens (including phenoxy) is 1. The lowest BCUT2D eigenvalue weighted by molar-refractivity contribution is -0.141. The number of nitrogens with two attached hydrogens (primary N) is 1. The van der Waals surface area contributed by atoms with Crippen molar-refractivity contribution in [2.45, 2.75) is 70.7 Å². The molecule has 0 saturated heterocycles. The van der Waals surface area contributed by atoms with E-state index in [1.807, 2.05) is 13.8 Å². The molecule has 0 bridgehead atoms. The Morgan fingerprint density at radius 1 is 1.25 bits per heavy atom. The van der Waals surface area contributed by atoms with Gasteiger partial charge in [0, 0.05) is 18.2 Å². The van der Waals surface area contributed by atoms with Crippen LogP contribution in [0.2, 0.25) is 0 Å². The number of fused-ring (bicyclic) bond motifs is 1. The molecular formula is C25H31F3N4O4. The third-order valence-corrected chi connectivity index (χ3v) is 6.81. The average molecular weight is 509 g/mol. The zero-order valence-electron chi connectivity index (χ0n) is 20.3. The fraction of sp³-hybridized carbons (Fsp3) is 0.560. The highest BCUT2D eigenvalue weighted by Crippen LogP contribution is 2.42. The number of primary amides is 1. The van der Waals surface area contributed by atoms with Crippen LogP contribution in [0.3, 0.4) is 0 Å². The first-order valence-electron chi connectivity index (χ1n) is 12.0. The number of halogens is 3. The van der Waals surface area contributed by atoms with Gasteiger partial charge in [0.2, 0.25) is 0 Å². The molecular weight excluding hydrogens is 477 g/mol. The number of alkyl halides is 3. The monoisotopic (exact) mass is 508 g/mol. The summed E-state index contributed by atoms with van der Waals surface area (Å²) in [5, 5.41) is 16.1. The van der Waals surface area contributed by atoms with E-state index < -0.39 is 29.0 Å². The lowest BCUT2D eigenvalue weighted by atomic mass is 9.75. The van der Waals surface area contributed by atoms with Gasteiger partial charge in [-0.25, -0.2) is 4.68 Å². The number of aliphatic hydroxyl groups excluding tert-OH is 1. The Kier molecular flexibility index (Phi) is 7.16. The number of carbonyl (C=O) groups excluding carboxylic acids is 2. The summed E-state index contributed by atoms with van der Waals surface area (Å²) < 4.78 is 48.2. The second-order valence-electron chi connectivity index (χ2n) is 10.3. The van der Waals surface area contributed by atoms with E-state index in [1.165, 1.54) is 16.8 Å². The van der Waals surface area contributed by atoms with Gasteiger partial charge in [0.15, 0.2) is 11.5 Å². The van der Waals surface area contributed by atoms with Crippen LogP contribution in [-0.4, -0.2) is 51.9 Å². The van der Waals surface area contributed by atoms with Crippen LogP contribution in [-0.2, 0) is 17.3 Å². The van der Waals surface area contributed by atoms with Crippen molar-refractivity contribution in [3.05, 3.63) is 40.7 Å². The molecule has 1 amide bonds. The van der Waals surface area contributed by atoms with Crippen molar-refractivity contribution in [1.29, 1.82) is 0 Å². The lowest BCUT2D eigenvalue weighted by Gasteiger charge is -2.30. The molecule has 1 aromatic heterocycles. The van der Waals surface area contributed by atoms with Gasteiger partial charge in [0.25, 0.3) is 5.91 Å². The Balaban J connectivity index is 1.69. The van der Waals surface area contributed by atoms with Crippen LogP contribution in [0.25, 0.3) is 5.69 Å². The number of amides is 1. The minimum Gasteiger partial charge on any atom is -0.394 e. The molecule has 1 heterocycles. The van der Waals surface area contributed by atoms with Crippen LogP contribution >= 0.6 is 0 Å². The SMILES string of the molecule is CC1(C)CC(=O)c2c(C(F)(F)F)nn(-c3ccc(C(N)=O)c(NC4CCC(OCCO)CC4)c3)c2C1. The molecule has 2 aromatic rings. The first-order chi connectivity index (χ1) is 16.9. The minimum absolute atomic E-state index is 0.00473. The predicted molar refractivity (Wildman–Crippen MR) is 126 cm³/mol. The van der Waals surface area contributed by atoms with E-state index in [0.29, 0.717) is 11.4 Å². The van der Waals surface area contributed by atoms with Gasteiger partial charge >= 0.3 is 6.18 Å². The molecule has 2 aliphatic carbocycles. The molecule has 0 unspecified atom stereocenters. The van der Waals surface area contributed by atoms with Crippen LogP contribution in [0.1, 0.15) is 78.1 Å². The van der Waals surface area contributed by atoms with Crippen molar-refractivity contribution in [3.8, 4) is 5.69 Å². The number of ketones is 1. The molecule has 4 N–H and O–H groups in total. The zero-order chi connectivity index (χ0) is 26.3. The number of hydrogen-bond acceptors (Lipinski definition) is 6. The maximum absolute atomic E-state index is 13.8. The quantitative estimate of drug-likeness (QED) is 0.522. The summed E-state index contributed by atoms with van der Waals surface area (Å²) in [4.78, 5) is 24.8. The van der Waals surface area contributed by atoms with E-state index in [9.17, 15) is 22.8 Å². The van der Waals surface area contributed by atoms with Gasteiger partial charge < -0.3 is 20.9 Å². The number of nitrogens with one attached hydrogen (secondary N) is 1. The van der Waals surface area contributed by atoms with Crippen LogP contribution in [0.5, 0.6) is 0 Å². The summed E-state index contributed by atoms with van der Waals surface area (Å²) in [6.07, 6.45) is -1.45. The number of Topliss-reactive ketones (excluding diaryl/α,β-unsaturated/α-hetero) is 1. The van der Waals surface area contributed by atoms with Gasteiger partial charge in [-0.2, -0.15) is 18.3 Å². The van der Waals surface area contributed by atoms with E-state index in [0.717, 1.165) is 25.7 Å². The molecule has 1 saturated carbocycles. The molecule has 0 radical (unpaired) electrons. The van der Waals surface area contributed by atoms with Crippen molar-refractivity contribution in [2.24, 2.45) is 11.1 Å².